The van der Waals surface area contributed by atoms with Crippen molar-refractivity contribution in [2.24, 2.45) is 11.8 Å². The first-order chi connectivity index (χ1) is 15.9. The number of carbonyl (C=O) groups is 3. The fourth-order valence-corrected chi connectivity index (χ4v) is 5.50. The van der Waals surface area contributed by atoms with Gasteiger partial charge in [0.15, 0.2) is 8.32 Å². The lowest BCUT2D eigenvalue weighted by atomic mass is 9.76. The Morgan fingerprint density at radius 1 is 1.03 bits per heavy atom. The molecule has 4 atom stereocenters. The highest BCUT2D eigenvalue weighted by molar-refractivity contribution is 6.74. The minimum Gasteiger partial charge on any atom is -0.461 e. The summed E-state index contributed by atoms with van der Waals surface area (Å²) >= 11 is 0. The lowest BCUT2D eigenvalue weighted by Crippen LogP contribution is -2.69. The normalized spacial score (nSPS) is 20.6. The minimum atomic E-state index is -2.16. The summed E-state index contributed by atoms with van der Waals surface area (Å²) in [5.41, 5.74) is 0.216. The molecule has 1 saturated heterocycles. The van der Waals surface area contributed by atoms with Crippen molar-refractivity contribution < 1.29 is 28.3 Å². The fourth-order valence-electron chi connectivity index (χ4n) is 4.07. The van der Waals surface area contributed by atoms with Crippen LogP contribution < -0.4 is 0 Å². The lowest BCUT2D eigenvalue weighted by molar-refractivity contribution is -0.182. The molecule has 35 heavy (non-hydrogen) atoms. The van der Waals surface area contributed by atoms with Gasteiger partial charge in [0.05, 0.1) is 24.0 Å². The van der Waals surface area contributed by atoms with E-state index in [1.54, 1.807) is 27.7 Å². The molecule has 0 unspecified atom stereocenters. The molecule has 196 valence electrons. The topological polar surface area (TPSA) is 82.1 Å². The van der Waals surface area contributed by atoms with Crippen LogP contribution in [0.3, 0.4) is 0 Å². The third kappa shape index (κ3) is 7.40. The number of hydrogen-bond donors (Lipinski definition) is 0. The van der Waals surface area contributed by atoms with Crippen LogP contribution in [0.25, 0.3) is 0 Å². The van der Waals surface area contributed by atoms with Gasteiger partial charge in [-0.05, 0) is 58.3 Å². The van der Waals surface area contributed by atoms with Crippen LogP contribution in [0.2, 0.25) is 18.1 Å². The largest absolute Gasteiger partial charge is 0.461 e. The lowest BCUT2D eigenvalue weighted by Gasteiger charge is -2.52. The molecule has 1 aliphatic rings. The number of esters is 2. The van der Waals surface area contributed by atoms with Gasteiger partial charge in [-0.25, -0.2) is 0 Å². The van der Waals surface area contributed by atoms with Crippen LogP contribution in [0.4, 0.5) is 0 Å². The Bertz CT molecular complexity index is 902. The number of amides is 1. The Kier molecular flexibility index (Phi) is 8.98. The third-order valence-electron chi connectivity index (χ3n) is 6.92. The molecule has 1 amide bonds. The molecule has 0 bridgehead atoms. The number of rotatable bonds is 9. The van der Waals surface area contributed by atoms with Gasteiger partial charge in [0.2, 0.25) is 5.91 Å². The van der Waals surface area contributed by atoms with E-state index >= 15 is 0 Å². The zero-order chi connectivity index (χ0) is 26.8. The molecule has 2 rings (SSSR count). The Balaban J connectivity index is 2.22. The minimum absolute atomic E-state index is 0.0278. The number of benzene rings is 1. The molecule has 0 spiro atoms. The molecule has 7 nitrogen and oxygen atoms in total. The third-order valence-corrected chi connectivity index (χ3v) is 11.5. The van der Waals surface area contributed by atoms with E-state index in [1.807, 2.05) is 37.3 Å². The molecule has 1 aromatic carbocycles. The molecular weight excluding hydrogens is 462 g/mol. The van der Waals surface area contributed by atoms with Crippen LogP contribution in [0.5, 0.6) is 0 Å². The fraction of sp³-hybridized carbons (Fsp3) is 0.667. The van der Waals surface area contributed by atoms with E-state index in [9.17, 15) is 14.4 Å². The summed E-state index contributed by atoms with van der Waals surface area (Å²) in [5.74, 6) is -2.28. The molecule has 0 N–H and O–H groups in total. The maximum Gasteiger partial charge on any atom is 0.326 e. The molecule has 8 heteroatoms. The number of likely N-dealkylation sites (tertiary alicyclic amines) is 1. The van der Waals surface area contributed by atoms with Crippen molar-refractivity contribution in [1.82, 2.24) is 4.90 Å². The van der Waals surface area contributed by atoms with Crippen LogP contribution >= 0.6 is 0 Å². The molecule has 0 radical (unpaired) electrons. The van der Waals surface area contributed by atoms with Gasteiger partial charge in [-0.15, -0.1) is 0 Å². The van der Waals surface area contributed by atoms with Crippen molar-refractivity contribution in [3.8, 4) is 0 Å². The quantitative estimate of drug-likeness (QED) is 0.268. The number of carbonyl (C=O) groups excluding carboxylic acids is 3. The van der Waals surface area contributed by atoms with E-state index in [-0.39, 0.29) is 24.1 Å². The molecule has 1 aromatic rings. The average molecular weight is 506 g/mol. The highest BCUT2D eigenvalue weighted by Crippen LogP contribution is 2.42. The highest BCUT2D eigenvalue weighted by Gasteiger charge is 2.56. The molecule has 1 heterocycles. The molecule has 0 aliphatic carbocycles. The van der Waals surface area contributed by atoms with Crippen LogP contribution in [-0.2, 0) is 34.9 Å². The second-order valence-corrected chi connectivity index (χ2v) is 16.8. The van der Waals surface area contributed by atoms with Crippen molar-refractivity contribution >= 4 is 26.2 Å². The van der Waals surface area contributed by atoms with Crippen LogP contribution in [0.15, 0.2) is 30.3 Å². The summed E-state index contributed by atoms with van der Waals surface area (Å²) in [4.78, 5) is 40.3. The standard InChI is InChI=1S/C27H43NO6Si/c1-18(25(31)32-17-20-14-12-11-13-15-20)23-22(19(2)34-35(9,10)27(6,7)8)24(30)28(23)16-21(29)33-26(3,4)5/h11-15,18-19,22-23H,16-17H2,1-10H3/t18-,19+,22+,23+/m0/s1. The molecule has 1 fully saturated rings. The van der Waals surface area contributed by atoms with Gasteiger partial charge >= 0.3 is 11.9 Å². The summed E-state index contributed by atoms with van der Waals surface area (Å²) in [6, 6.07) is 8.93. The van der Waals surface area contributed by atoms with Gasteiger partial charge < -0.3 is 18.8 Å². The Morgan fingerprint density at radius 2 is 1.60 bits per heavy atom. The van der Waals surface area contributed by atoms with Crippen molar-refractivity contribution in [3.63, 3.8) is 0 Å². The summed E-state index contributed by atoms with van der Waals surface area (Å²) in [7, 11) is -2.16. The summed E-state index contributed by atoms with van der Waals surface area (Å²) < 4.78 is 17.5. The van der Waals surface area contributed by atoms with Gasteiger partial charge in [0.1, 0.15) is 18.8 Å². The van der Waals surface area contributed by atoms with Gasteiger partial charge in [-0.1, -0.05) is 51.1 Å². The first-order valence-corrected chi connectivity index (χ1v) is 15.3. The SMILES string of the molecule is C[C@H](C(=O)OCc1ccccc1)[C@@H]1[C@@H]([C@@H](C)O[Si](C)(C)C(C)(C)C)C(=O)N1CC(=O)OC(C)(C)C. The van der Waals surface area contributed by atoms with E-state index in [0.29, 0.717) is 0 Å². The van der Waals surface area contributed by atoms with Crippen molar-refractivity contribution in [2.45, 2.75) is 97.9 Å². The predicted molar refractivity (Wildman–Crippen MR) is 138 cm³/mol. The highest BCUT2D eigenvalue weighted by atomic mass is 28.4. The van der Waals surface area contributed by atoms with Gasteiger partial charge in [0, 0.05) is 0 Å². The first kappa shape index (κ1) is 29.0. The average Bonchev–Trinajstić information content (AvgIpc) is 2.71. The van der Waals surface area contributed by atoms with Gasteiger partial charge in [-0.3, -0.25) is 14.4 Å². The maximum atomic E-state index is 13.3. The van der Waals surface area contributed by atoms with Crippen LogP contribution in [-0.4, -0.2) is 55.4 Å². The number of β-lactam (4-membered cyclic amide) rings is 1. The van der Waals surface area contributed by atoms with Crippen molar-refractivity contribution in [2.75, 3.05) is 6.54 Å². The number of nitrogens with zero attached hydrogens (tertiary/aromatic N) is 1. The van der Waals surface area contributed by atoms with E-state index in [0.717, 1.165) is 5.56 Å². The van der Waals surface area contributed by atoms with E-state index in [2.05, 4.69) is 33.9 Å². The zero-order valence-corrected chi connectivity index (χ0v) is 24.0. The van der Waals surface area contributed by atoms with Gasteiger partial charge in [0.25, 0.3) is 0 Å². The second kappa shape index (κ2) is 10.8. The zero-order valence-electron chi connectivity index (χ0n) is 23.0. The van der Waals surface area contributed by atoms with Gasteiger partial charge in [-0.2, -0.15) is 0 Å². The Labute approximate surface area is 211 Å². The smallest absolute Gasteiger partial charge is 0.326 e. The summed E-state index contributed by atoms with van der Waals surface area (Å²) in [6.45, 7) is 19.6. The Hall–Kier alpha value is -2.19. The second-order valence-electron chi connectivity index (χ2n) is 12.0. The van der Waals surface area contributed by atoms with Crippen molar-refractivity contribution in [1.29, 1.82) is 0 Å². The number of ether oxygens (including phenoxy) is 2. The Morgan fingerprint density at radius 3 is 2.11 bits per heavy atom. The van der Waals surface area contributed by atoms with Crippen LogP contribution in [0, 0.1) is 11.8 Å². The van der Waals surface area contributed by atoms with E-state index in [1.165, 1.54) is 4.90 Å². The summed E-state index contributed by atoms with van der Waals surface area (Å²) in [6.07, 6.45) is -0.396. The predicted octanol–water partition coefficient (Wildman–Crippen LogP) is 4.94. The summed E-state index contributed by atoms with van der Waals surface area (Å²) in [5, 5.41) is -0.0278. The van der Waals surface area contributed by atoms with Crippen molar-refractivity contribution in [3.05, 3.63) is 35.9 Å². The van der Waals surface area contributed by atoms with Crippen LogP contribution in [0.1, 0.15) is 61.0 Å². The monoisotopic (exact) mass is 505 g/mol. The molecule has 0 saturated carbocycles. The maximum absolute atomic E-state index is 13.3. The van der Waals surface area contributed by atoms with E-state index < -0.39 is 49.8 Å². The first-order valence-electron chi connectivity index (χ1n) is 12.4. The van der Waals surface area contributed by atoms with E-state index in [4.69, 9.17) is 13.9 Å². The molecular formula is C27H43NO6Si. The molecule has 1 aliphatic heterocycles. The number of hydrogen-bond acceptors (Lipinski definition) is 6. The molecule has 0 aromatic heterocycles.